The highest BCUT2D eigenvalue weighted by Crippen LogP contribution is 2.41. The molecule has 7 N–H and O–H groups in total. The van der Waals surface area contributed by atoms with Gasteiger partial charge in [-0.2, -0.15) is 0 Å². The lowest BCUT2D eigenvalue weighted by Gasteiger charge is -2.51. The average molecular weight is 1070 g/mol. The number of likely N-dealkylation sites (tertiary alicyclic amines) is 2. The Balaban J connectivity index is 0.848. The third-order valence-corrected chi connectivity index (χ3v) is 16.5. The topological polar surface area (TPSA) is 241 Å². The molecule has 2 aliphatic rings. The second-order valence-electron chi connectivity index (χ2n) is 23.2. The normalized spacial score (nSPS) is 16.6. The number of rotatable bonds is 20. The van der Waals surface area contributed by atoms with E-state index in [0.717, 1.165) is 68.2 Å². The van der Waals surface area contributed by atoms with Crippen molar-refractivity contribution in [3.05, 3.63) is 102 Å². The van der Waals surface area contributed by atoms with Crippen molar-refractivity contribution in [1.82, 2.24) is 44.7 Å². The summed E-state index contributed by atoms with van der Waals surface area (Å²) in [6.07, 6.45) is 6.21. The quantitative estimate of drug-likeness (QED) is 0.0285. The molecular formula is C59H78BN9O9. The summed E-state index contributed by atoms with van der Waals surface area (Å²) in [5.74, 6) is -1.90. The number of fused-ring (bicyclic) bond motifs is 1. The molecule has 19 heteroatoms. The van der Waals surface area contributed by atoms with E-state index < -0.39 is 48.5 Å². The highest BCUT2D eigenvalue weighted by Gasteiger charge is 2.45. The number of phenolic OH excluding ortho intramolecular Hbond substituents is 2. The average Bonchev–Trinajstić information content (AvgIpc) is 4.01. The molecule has 2 amide bonds. The molecule has 0 aliphatic carbocycles. The van der Waals surface area contributed by atoms with Gasteiger partial charge in [0, 0.05) is 40.8 Å². The molecule has 0 bridgehead atoms. The van der Waals surface area contributed by atoms with Crippen LogP contribution >= 0.6 is 0 Å². The number of piperidine rings is 2. The van der Waals surface area contributed by atoms with Crippen LogP contribution in [0.2, 0.25) is 0 Å². The third-order valence-electron chi connectivity index (χ3n) is 16.5. The number of nitrogens with zero attached hydrogens (tertiary/aromatic N) is 7. The van der Waals surface area contributed by atoms with E-state index in [-0.39, 0.29) is 52.8 Å². The van der Waals surface area contributed by atoms with Crippen molar-refractivity contribution in [1.29, 1.82) is 0 Å². The van der Waals surface area contributed by atoms with Gasteiger partial charge < -0.3 is 45.3 Å². The standard InChI is InChI=1S/C59H78BN9O9/c1-36(2)32-51(60(76)77)62-55(73)52(63-54(72)47-17-13-16-46(61-47)40-14-11-10-12-15-40)38(5)78-56(74)59(8,9)68-30-24-42(25-31-68)58(6,7)67-28-21-39(22-29-67)20-26-66-27-23-41-33-43(18-19-48(41)66)69-53(64-65-57(69)75)45-34-44(37(3)4)49(70)35-50(45)71/h10-19,23,27,33-39,42,51-52,70-71,76-77H,20-22,24-26,28-32H2,1-9H3,(H,62,73)(H,63,72)(H,65,75)/t38-,51+,52+/m1/s1. The van der Waals surface area contributed by atoms with Crippen LogP contribution in [0.4, 0.5) is 0 Å². The molecule has 8 rings (SSSR count). The van der Waals surface area contributed by atoms with Crippen molar-refractivity contribution in [3.8, 4) is 45.8 Å². The monoisotopic (exact) mass is 1070 g/mol. The lowest BCUT2D eigenvalue weighted by molar-refractivity contribution is -0.164. The van der Waals surface area contributed by atoms with Gasteiger partial charge in [0.2, 0.25) is 5.91 Å². The van der Waals surface area contributed by atoms with E-state index in [4.69, 9.17) is 4.74 Å². The van der Waals surface area contributed by atoms with Gasteiger partial charge in [-0.3, -0.25) is 24.2 Å². The molecule has 0 unspecified atom stereocenters. The Morgan fingerprint density at radius 2 is 1.47 bits per heavy atom. The van der Waals surface area contributed by atoms with Crippen LogP contribution in [0.25, 0.3) is 39.2 Å². The smallest absolute Gasteiger partial charge is 0.475 e. The van der Waals surface area contributed by atoms with Gasteiger partial charge in [0.05, 0.1) is 22.9 Å². The minimum Gasteiger partial charge on any atom is -0.508 e. The Kier molecular flexibility index (Phi) is 17.7. The number of esters is 1. The third kappa shape index (κ3) is 12.7. The summed E-state index contributed by atoms with van der Waals surface area (Å²) in [6, 6.07) is 23.7. The number of aromatic hydroxyl groups is 3. The Hall–Kier alpha value is -6.80. The molecule has 3 atom stereocenters. The van der Waals surface area contributed by atoms with Crippen LogP contribution in [0.5, 0.6) is 17.5 Å². The fourth-order valence-corrected chi connectivity index (χ4v) is 11.5. The number of pyridine rings is 1. The zero-order valence-electron chi connectivity index (χ0n) is 46.6. The van der Waals surface area contributed by atoms with Gasteiger partial charge in [-0.05, 0) is 171 Å². The maximum absolute atomic E-state index is 14.2. The summed E-state index contributed by atoms with van der Waals surface area (Å²) in [5, 5.41) is 67.0. The van der Waals surface area contributed by atoms with Crippen LogP contribution < -0.4 is 10.6 Å². The van der Waals surface area contributed by atoms with E-state index in [1.54, 1.807) is 25.1 Å². The zero-order chi connectivity index (χ0) is 56.2. The van der Waals surface area contributed by atoms with Crippen LogP contribution in [0.1, 0.15) is 123 Å². The largest absolute Gasteiger partial charge is 0.508 e. The maximum Gasteiger partial charge on any atom is 0.475 e. The second kappa shape index (κ2) is 24.1. The molecule has 0 spiro atoms. The molecule has 3 aromatic heterocycles. The molecule has 2 fully saturated rings. The van der Waals surface area contributed by atoms with Gasteiger partial charge >= 0.3 is 19.1 Å². The van der Waals surface area contributed by atoms with Crippen molar-refractivity contribution in [3.63, 3.8) is 0 Å². The Labute approximate surface area is 458 Å². The first-order valence-corrected chi connectivity index (χ1v) is 27.5. The second-order valence-corrected chi connectivity index (χ2v) is 23.2. The first kappa shape index (κ1) is 57.4. The Bertz CT molecular complexity index is 3050. The molecule has 2 aliphatic heterocycles. The summed E-state index contributed by atoms with van der Waals surface area (Å²) in [5.41, 5.74) is 3.02. The predicted octanol–water partition coefficient (Wildman–Crippen LogP) is 7.84. The van der Waals surface area contributed by atoms with Crippen molar-refractivity contribution in [2.24, 2.45) is 17.8 Å². The number of hydrogen-bond donors (Lipinski definition) is 7. The van der Waals surface area contributed by atoms with E-state index in [0.29, 0.717) is 47.4 Å². The lowest BCUT2D eigenvalue weighted by Crippen LogP contribution is -2.61. The SMILES string of the molecule is CC(C)C[C@H](NC(=O)[C@@H](NC(=O)c1cccc(-c2ccccc2)n1)[C@@H](C)OC(=O)C(C)(C)N1CCC(C(C)(C)N2CCC(CCn3ccc4cc(-n5c(O)nnc5-c5cc(C(C)C)c(O)cc5O)ccc43)CC2)CC1)B(O)O. The van der Waals surface area contributed by atoms with Crippen molar-refractivity contribution < 1.29 is 44.5 Å². The fourth-order valence-electron chi connectivity index (χ4n) is 11.5. The van der Waals surface area contributed by atoms with E-state index in [1.165, 1.54) is 16.7 Å². The number of amides is 2. The first-order valence-electron chi connectivity index (χ1n) is 27.5. The molecule has 2 saturated heterocycles. The number of benzene rings is 3. The molecule has 3 aromatic carbocycles. The van der Waals surface area contributed by atoms with Crippen molar-refractivity contribution >= 4 is 35.8 Å². The highest BCUT2D eigenvalue weighted by molar-refractivity contribution is 6.43. The lowest BCUT2D eigenvalue weighted by atomic mass is 9.75. The van der Waals surface area contributed by atoms with Gasteiger partial charge in [-0.1, -0.05) is 69.2 Å². The molecule has 78 heavy (non-hydrogen) atoms. The molecule has 5 heterocycles. The van der Waals surface area contributed by atoms with Gasteiger partial charge in [-0.25, -0.2) is 9.55 Å². The predicted molar refractivity (Wildman–Crippen MR) is 301 cm³/mol. The van der Waals surface area contributed by atoms with Crippen LogP contribution in [0, 0.1) is 17.8 Å². The van der Waals surface area contributed by atoms with E-state index in [9.17, 15) is 39.8 Å². The van der Waals surface area contributed by atoms with Crippen LogP contribution in [0.3, 0.4) is 0 Å². The molecule has 18 nitrogen and oxygen atoms in total. The van der Waals surface area contributed by atoms with Gasteiger partial charge in [0.15, 0.2) is 5.82 Å². The minimum atomic E-state index is -1.85. The molecule has 0 saturated carbocycles. The maximum atomic E-state index is 14.2. The first-order chi connectivity index (χ1) is 37.0. The van der Waals surface area contributed by atoms with Gasteiger partial charge in [-0.15, -0.1) is 5.10 Å². The van der Waals surface area contributed by atoms with E-state index in [2.05, 4.69) is 66.3 Å². The summed E-state index contributed by atoms with van der Waals surface area (Å²) in [7, 11) is -1.85. The fraction of sp³-hybridized carbons (Fsp3) is 0.492. The van der Waals surface area contributed by atoms with Crippen LogP contribution in [-0.4, -0.2) is 140 Å². The van der Waals surface area contributed by atoms with Gasteiger partial charge in [0.1, 0.15) is 34.9 Å². The zero-order valence-corrected chi connectivity index (χ0v) is 46.6. The summed E-state index contributed by atoms with van der Waals surface area (Å²) in [4.78, 5) is 51.4. The number of aromatic nitrogens is 5. The number of nitrogens with one attached hydrogen (secondary N) is 2. The minimum absolute atomic E-state index is 0.00762. The summed E-state index contributed by atoms with van der Waals surface area (Å²) >= 11 is 0. The summed E-state index contributed by atoms with van der Waals surface area (Å²) < 4.78 is 9.87. The molecule has 416 valence electrons. The van der Waals surface area contributed by atoms with Crippen molar-refractivity contribution in [2.45, 2.75) is 142 Å². The number of carbonyl (C=O) groups is 3. The highest BCUT2D eigenvalue weighted by atomic mass is 16.5. The van der Waals surface area contributed by atoms with Crippen molar-refractivity contribution in [2.75, 3.05) is 26.2 Å². The Morgan fingerprint density at radius 1 is 0.782 bits per heavy atom. The molecule has 0 radical (unpaired) electrons. The molecule has 6 aromatic rings. The van der Waals surface area contributed by atoms with Gasteiger partial charge in [0.25, 0.3) is 5.91 Å². The summed E-state index contributed by atoms with van der Waals surface area (Å²) in [6.45, 7) is 21.8. The number of aryl methyl sites for hydroxylation is 1. The molecular weight excluding hydrogens is 990 g/mol. The van der Waals surface area contributed by atoms with Crippen LogP contribution in [-0.2, 0) is 20.9 Å². The van der Waals surface area contributed by atoms with E-state index >= 15 is 0 Å². The number of carbonyl (C=O) groups excluding carboxylic acids is 3. The Morgan fingerprint density at radius 3 is 2.14 bits per heavy atom. The number of ether oxygens (including phenoxy) is 1. The van der Waals surface area contributed by atoms with E-state index in [1.807, 2.05) is 90.1 Å². The van der Waals surface area contributed by atoms with Crippen LogP contribution in [0.15, 0.2) is 91.1 Å². The number of phenols is 2. The number of hydrogen-bond acceptors (Lipinski definition) is 14.